The molecular weight excluding hydrogens is 312 g/mol. The van der Waals surface area contributed by atoms with Crippen LogP contribution in [0.3, 0.4) is 0 Å². The van der Waals surface area contributed by atoms with Gasteiger partial charge in [-0.3, -0.25) is 9.59 Å². The van der Waals surface area contributed by atoms with Gasteiger partial charge in [0.15, 0.2) is 0 Å². The molecule has 0 fully saturated rings. The normalized spacial score (nSPS) is 13.5. The van der Waals surface area contributed by atoms with Crippen LogP contribution in [-0.2, 0) is 0 Å². The molecule has 3 aromatic rings. The molecule has 0 atom stereocenters. The van der Waals surface area contributed by atoms with Gasteiger partial charge in [0, 0.05) is 41.7 Å². The van der Waals surface area contributed by atoms with Crippen LogP contribution in [0.15, 0.2) is 54.6 Å². The molecule has 4 nitrogen and oxygen atoms in total. The molecule has 0 saturated carbocycles. The van der Waals surface area contributed by atoms with E-state index in [4.69, 9.17) is 0 Å². The Hall–Kier alpha value is -3.14. The fourth-order valence-corrected chi connectivity index (χ4v) is 3.40. The predicted octanol–water partition coefficient (Wildman–Crippen LogP) is 4.01. The highest BCUT2D eigenvalue weighted by atomic mass is 16.2. The summed E-state index contributed by atoms with van der Waals surface area (Å²) in [6, 6.07) is 16.8. The highest BCUT2D eigenvalue weighted by Gasteiger charge is 2.34. The number of hydrogen-bond donors (Lipinski definition) is 0. The van der Waals surface area contributed by atoms with Gasteiger partial charge in [-0.05, 0) is 37.3 Å². The number of hydrogen-bond acceptors (Lipinski definition) is 3. The third-order valence-electron chi connectivity index (χ3n) is 4.66. The fraction of sp³-hybridized carbons (Fsp3) is 0.143. The van der Waals surface area contributed by atoms with E-state index in [1.807, 2.05) is 74.4 Å². The van der Waals surface area contributed by atoms with Gasteiger partial charge in [0.1, 0.15) is 0 Å². The molecule has 0 aliphatic carbocycles. The Morgan fingerprint density at radius 2 is 1.44 bits per heavy atom. The molecule has 124 valence electrons. The van der Waals surface area contributed by atoms with Crippen molar-refractivity contribution in [1.29, 1.82) is 0 Å². The predicted molar refractivity (Wildman–Crippen MR) is 101 cm³/mol. The number of imide groups is 1. The first-order valence-corrected chi connectivity index (χ1v) is 8.17. The van der Waals surface area contributed by atoms with Crippen molar-refractivity contribution < 1.29 is 9.59 Å². The Bertz CT molecular complexity index is 998. The summed E-state index contributed by atoms with van der Waals surface area (Å²) >= 11 is 0. The lowest BCUT2D eigenvalue weighted by Crippen LogP contribution is -2.40. The first kappa shape index (κ1) is 15.4. The molecule has 4 heteroatoms. The molecule has 0 bridgehead atoms. The maximum Gasteiger partial charge on any atom is 0.265 e. The Morgan fingerprint density at radius 3 is 2.08 bits per heavy atom. The van der Waals surface area contributed by atoms with Gasteiger partial charge in [-0.15, -0.1) is 0 Å². The maximum atomic E-state index is 13.1. The van der Waals surface area contributed by atoms with E-state index in [0.717, 1.165) is 22.0 Å². The summed E-state index contributed by atoms with van der Waals surface area (Å²) in [6.07, 6.45) is 0. The zero-order valence-electron chi connectivity index (χ0n) is 14.4. The SMILES string of the molecule is Cc1ccc(N2C(=O)c3cccc4c(N(C)C)ccc(c34)C2=O)cc1. The second-order valence-electron chi connectivity index (χ2n) is 6.54. The van der Waals surface area contributed by atoms with Gasteiger partial charge in [-0.25, -0.2) is 4.90 Å². The van der Waals surface area contributed by atoms with E-state index < -0.39 is 0 Å². The molecule has 3 aromatic carbocycles. The van der Waals surface area contributed by atoms with Crippen LogP contribution in [-0.4, -0.2) is 25.9 Å². The quantitative estimate of drug-likeness (QED) is 0.667. The summed E-state index contributed by atoms with van der Waals surface area (Å²) in [5.41, 5.74) is 3.80. The van der Waals surface area contributed by atoms with Gasteiger partial charge in [-0.1, -0.05) is 29.8 Å². The largest absolute Gasteiger partial charge is 0.377 e. The number of rotatable bonds is 2. The summed E-state index contributed by atoms with van der Waals surface area (Å²) in [7, 11) is 3.91. The fourth-order valence-electron chi connectivity index (χ4n) is 3.40. The maximum absolute atomic E-state index is 13.1. The zero-order valence-corrected chi connectivity index (χ0v) is 14.4. The lowest BCUT2D eigenvalue weighted by atomic mass is 9.92. The number of benzene rings is 3. The van der Waals surface area contributed by atoms with Crippen LogP contribution in [0.1, 0.15) is 26.3 Å². The third kappa shape index (κ3) is 2.22. The molecule has 1 heterocycles. The van der Waals surface area contributed by atoms with Gasteiger partial charge in [0.05, 0.1) is 5.69 Å². The summed E-state index contributed by atoms with van der Waals surface area (Å²) in [4.78, 5) is 29.4. The average molecular weight is 330 g/mol. The molecule has 0 aromatic heterocycles. The van der Waals surface area contributed by atoms with E-state index in [1.54, 1.807) is 6.07 Å². The van der Waals surface area contributed by atoms with Crippen LogP contribution < -0.4 is 9.80 Å². The minimum Gasteiger partial charge on any atom is -0.377 e. The standard InChI is InChI=1S/C21H18N2O2/c1-13-7-9-14(10-8-13)23-20(24)16-6-4-5-15-18(22(2)3)12-11-17(19(15)16)21(23)25/h4-12H,1-3H3. The van der Waals surface area contributed by atoms with E-state index in [0.29, 0.717) is 16.8 Å². The molecule has 25 heavy (non-hydrogen) atoms. The van der Waals surface area contributed by atoms with Crippen molar-refractivity contribution in [3.63, 3.8) is 0 Å². The molecule has 1 aliphatic rings. The van der Waals surface area contributed by atoms with Crippen molar-refractivity contribution in [2.75, 3.05) is 23.9 Å². The molecule has 0 radical (unpaired) electrons. The number of anilines is 2. The second kappa shape index (κ2) is 5.45. The smallest absolute Gasteiger partial charge is 0.265 e. The lowest BCUT2D eigenvalue weighted by molar-refractivity contribution is 0.0893. The van der Waals surface area contributed by atoms with Crippen molar-refractivity contribution in [1.82, 2.24) is 0 Å². The van der Waals surface area contributed by atoms with Crippen LogP contribution in [0.5, 0.6) is 0 Å². The van der Waals surface area contributed by atoms with E-state index in [9.17, 15) is 9.59 Å². The van der Waals surface area contributed by atoms with Gasteiger partial charge in [0.2, 0.25) is 0 Å². The molecule has 1 aliphatic heterocycles. The van der Waals surface area contributed by atoms with Crippen molar-refractivity contribution in [3.05, 3.63) is 71.3 Å². The van der Waals surface area contributed by atoms with Gasteiger partial charge in [0.25, 0.3) is 11.8 Å². The summed E-state index contributed by atoms with van der Waals surface area (Å²) in [5.74, 6) is -0.550. The number of carbonyl (C=O) groups excluding carboxylic acids is 2. The molecule has 0 spiro atoms. The number of nitrogens with zero attached hydrogens (tertiary/aromatic N) is 2. The minimum absolute atomic E-state index is 0.275. The Morgan fingerprint density at radius 1 is 0.800 bits per heavy atom. The van der Waals surface area contributed by atoms with Crippen LogP contribution in [0.2, 0.25) is 0 Å². The molecule has 2 amide bonds. The monoisotopic (exact) mass is 330 g/mol. The van der Waals surface area contributed by atoms with E-state index in [-0.39, 0.29) is 11.8 Å². The first-order valence-electron chi connectivity index (χ1n) is 8.17. The Labute approximate surface area is 146 Å². The van der Waals surface area contributed by atoms with E-state index in [2.05, 4.69) is 0 Å². The highest BCUT2D eigenvalue weighted by Crippen LogP contribution is 2.36. The third-order valence-corrected chi connectivity index (χ3v) is 4.66. The summed E-state index contributed by atoms with van der Waals surface area (Å²) in [5, 5.41) is 1.66. The zero-order chi connectivity index (χ0) is 17.7. The summed E-state index contributed by atoms with van der Waals surface area (Å²) in [6.45, 7) is 1.97. The van der Waals surface area contributed by atoms with Crippen molar-refractivity contribution in [2.24, 2.45) is 0 Å². The number of aryl methyl sites for hydroxylation is 1. The van der Waals surface area contributed by atoms with Crippen molar-refractivity contribution in [2.45, 2.75) is 6.92 Å². The van der Waals surface area contributed by atoms with Crippen LogP contribution in [0.4, 0.5) is 11.4 Å². The molecule has 0 unspecified atom stereocenters. The van der Waals surface area contributed by atoms with Crippen molar-refractivity contribution >= 4 is 34.0 Å². The highest BCUT2D eigenvalue weighted by molar-refractivity contribution is 6.36. The van der Waals surface area contributed by atoms with Crippen LogP contribution >= 0.6 is 0 Å². The molecular formula is C21H18N2O2. The Kier molecular flexibility index (Phi) is 3.35. The van der Waals surface area contributed by atoms with Crippen LogP contribution in [0, 0.1) is 6.92 Å². The van der Waals surface area contributed by atoms with Crippen molar-refractivity contribution in [3.8, 4) is 0 Å². The van der Waals surface area contributed by atoms with E-state index in [1.165, 1.54) is 4.90 Å². The van der Waals surface area contributed by atoms with Gasteiger partial charge in [-0.2, -0.15) is 0 Å². The average Bonchev–Trinajstić information content (AvgIpc) is 2.60. The molecule has 4 rings (SSSR count). The molecule has 0 saturated heterocycles. The topological polar surface area (TPSA) is 40.6 Å². The first-order chi connectivity index (χ1) is 12.0. The van der Waals surface area contributed by atoms with Gasteiger partial charge >= 0.3 is 0 Å². The van der Waals surface area contributed by atoms with Gasteiger partial charge < -0.3 is 4.90 Å². The number of carbonyl (C=O) groups is 2. The number of amides is 2. The summed E-state index contributed by atoms with van der Waals surface area (Å²) < 4.78 is 0. The second-order valence-corrected chi connectivity index (χ2v) is 6.54. The Balaban J connectivity index is 1.97. The van der Waals surface area contributed by atoms with E-state index >= 15 is 0 Å². The van der Waals surface area contributed by atoms with Crippen LogP contribution in [0.25, 0.3) is 10.8 Å². The minimum atomic E-state index is -0.275. The lowest BCUT2D eigenvalue weighted by Gasteiger charge is -2.28. The molecule has 0 N–H and O–H groups in total.